The maximum atomic E-state index is 12.2. The second-order valence-electron chi connectivity index (χ2n) is 5.64. The van der Waals surface area contributed by atoms with Crippen molar-refractivity contribution in [2.45, 2.75) is 19.3 Å². The molecule has 2 N–H and O–H groups in total. The summed E-state index contributed by atoms with van der Waals surface area (Å²) in [5.74, 6) is -0.418. The van der Waals surface area contributed by atoms with E-state index in [1.54, 1.807) is 24.3 Å². The fourth-order valence-corrected chi connectivity index (χ4v) is 2.51. The van der Waals surface area contributed by atoms with Crippen LogP contribution in [0, 0.1) is 5.41 Å². The molecule has 0 spiro atoms. The van der Waals surface area contributed by atoms with Crippen LogP contribution < -0.4 is 10.9 Å². The van der Waals surface area contributed by atoms with E-state index < -0.39 is 11.5 Å². The summed E-state index contributed by atoms with van der Waals surface area (Å²) in [6.07, 6.45) is 2.68. The lowest BCUT2D eigenvalue weighted by atomic mass is 10.0. The van der Waals surface area contributed by atoms with E-state index in [9.17, 15) is 9.59 Å². The van der Waals surface area contributed by atoms with Crippen molar-refractivity contribution in [3.63, 3.8) is 0 Å². The number of aliphatic hydroxyl groups excluding tert-OH is 1. The lowest BCUT2D eigenvalue weighted by Gasteiger charge is -2.14. The van der Waals surface area contributed by atoms with E-state index in [2.05, 4.69) is 5.32 Å². The number of aliphatic hydroxyl groups is 1. The lowest BCUT2D eigenvalue weighted by molar-refractivity contribution is 0.0937. The van der Waals surface area contributed by atoms with Gasteiger partial charge >= 0.3 is 5.63 Å². The molecule has 1 aliphatic carbocycles. The van der Waals surface area contributed by atoms with E-state index in [4.69, 9.17) is 9.52 Å². The van der Waals surface area contributed by atoms with Crippen LogP contribution in [0.2, 0.25) is 0 Å². The largest absolute Gasteiger partial charge is 0.422 e. The Morgan fingerprint density at radius 2 is 2.10 bits per heavy atom. The summed E-state index contributed by atoms with van der Waals surface area (Å²) in [5, 5.41) is 12.5. The van der Waals surface area contributed by atoms with Gasteiger partial charge in [-0.15, -0.1) is 0 Å². The first-order valence-corrected chi connectivity index (χ1v) is 7.06. The highest BCUT2D eigenvalue weighted by atomic mass is 16.4. The van der Waals surface area contributed by atoms with Crippen molar-refractivity contribution in [3.05, 3.63) is 46.3 Å². The van der Waals surface area contributed by atoms with Crippen LogP contribution in [-0.4, -0.2) is 24.2 Å². The number of rotatable bonds is 5. The van der Waals surface area contributed by atoms with Gasteiger partial charge in [-0.05, 0) is 36.8 Å². The summed E-state index contributed by atoms with van der Waals surface area (Å²) < 4.78 is 5.15. The van der Waals surface area contributed by atoms with Crippen molar-refractivity contribution in [2.24, 2.45) is 5.41 Å². The van der Waals surface area contributed by atoms with Gasteiger partial charge in [-0.1, -0.05) is 18.2 Å². The quantitative estimate of drug-likeness (QED) is 0.820. The lowest BCUT2D eigenvalue weighted by Crippen LogP contribution is -2.33. The molecule has 2 aromatic rings. The molecular formula is C16H17NO4. The smallest absolute Gasteiger partial charge is 0.349 e. The zero-order valence-corrected chi connectivity index (χ0v) is 11.6. The molecule has 5 heteroatoms. The maximum absolute atomic E-state index is 12.2. The predicted octanol–water partition coefficient (Wildman–Crippen LogP) is 1.69. The fourth-order valence-electron chi connectivity index (χ4n) is 2.51. The summed E-state index contributed by atoms with van der Waals surface area (Å²) in [5.41, 5.74) is -0.119. The number of hydrogen-bond acceptors (Lipinski definition) is 4. The molecule has 1 aromatic heterocycles. The van der Waals surface area contributed by atoms with Gasteiger partial charge in [-0.2, -0.15) is 0 Å². The van der Waals surface area contributed by atoms with Crippen molar-refractivity contribution < 1.29 is 14.3 Å². The Hall–Kier alpha value is -2.14. The number of benzene rings is 1. The molecule has 0 aliphatic heterocycles. The van der Waals surface area contributed by atoms with E-state index in [1.165, 1.54) is 0 Å². The molecule has 110 valence electrons. The molecule has 5 nitrogen and oxygen atoms in total. The maximum Gasteiger partial charge on any atom is 0.349 e. The van der Waals surface area contributed by atoms with Crippen molar-refractivity contribution in [1.82, 2.24) is 5.32 Å². The summed E-state index contributed by atoms with van der Waals surface area (Å²) in [6, 6.07) is 8.64. The topological polar surface area (TPSA) is 79.5 Å². The number of amides is 1. The monoisotopic (exact) mass is 287 g/mol. The van der Waals surface area contributed by atoms with Crippen LogP contribution in [0.5, 0.6) is 0 Å². The SMILES string of the molecule is O=C(NCC1(CCO)CC1)c1cc2ccccc2oc1=O. The Morgan fingerprint density at radius 1 is 1.33 bits per heavy atom. The third-order valence-corrected chi connectivity index (χ3v) is 4.11. The predicted molar refractivity (Wildman–Crippen MR) is 78.2 cm³/mol. The van der Waals surface area contributed by atoms with Crippen LogP contribution in [0.15, 0.2) is 39.5 Å². The number of carbonyl (C=O) groups excluding carboxylic acids is 1. The van der Waals surface area contributed by atoms with Gasteiger partial charge in [0.05, 0.1) is 0 Å². The summed E-state index contributed by atoms with van der Waals surface area (Å²) in [6.45, 7) is 0.604. The van der Waals surface area contributed by atoms with Gasteiger partial charge < -0.3 is 14.8 Å². The molecule has 1 saturated carbocycles. The van der Waals surface area contributed by atoms with E-state index in [0.29, 0.717) is 18.5 Å². The van der Waals surface area contributed by atoms with Crippen LogP contribution in [-0.2, 0) is 0 Å². The highest BCUT2D eigenvalue weighted by molar-refractivity contribution is 5.96. The van der Waals surface area contributed by atoms with Crippen LogP contribution in [0.3, 0.4) is 0 Å². The van der Waals surface area contributed by atoms with Crippen LogP contribution in [0.25, 0.3) is 11.0 Å². The molecular weight excluding hydrogens is 270 g/mol. The Morgan fingerprint density at radius 3 is 2.81 bits per heavy atom. The van der Waals surface area contributed by atoms with E-state index in [0.717, 1.165) is 18.2 Å². The Labute approximate surface area is 121 Å². The molecule has 0 bridgehead atoms. The van der Waals surface area contributed by atoms with Gasteiger partial charge in [0.1, 0.15) is 11.1 Å². The average molecular weight is 287 g/mol. The minimum Gasteiger partial charge on any atom is -0.422 e. The second-order valence-corrected chi connectivity index (χ2v) is 5.64. The van der Waals surface area contributed by atoms with Gasteiger partial charge in [-0.3, -0.25) is 4.79 Å². The van der Waals surface area contributed by atoms with Crippen molar-refractivity contribution in [1.29, 1.82) is 0 Å². The Kier molecular flexibility index (Phi) is 3.51. The Balaban J connectivity index is 1.78. The zero-order valence-electron chi connectivity index (χ0n) is 11.6. The molecule has 3 rings (SSSR count). The molecule has 1 amide bonds. The average Bonchev–Trinajstić information content (AvgIpc) is 3.24. The third-order valence-electron chi connectivity index (χ3n) is 4.11. The first-order chi connectivity index (χ1) is 10.1. The highest BCUT2D eigenvalue weighted by Gasteiger charge is 2.42. The molecule has 1 heterocycles. The minimum atomic E-state index is -0.627. The van der Waals surface area contributed by atoms with Gasteiger partial charge in [0.15, 0.2) is 0 Å². The second kappa shape index (κ2) is 5.33. The normalized spacial score (nSPS) is 15.9. The van der Waals surface area contributed by atoms with Crippen LogP contribution >= 0.6 is 0 Å². The van der Waals surface area contributed by atoms with Gasteiger partial charge in [0.2, 0.25) is 0 Å². The van der Waals surface area contributed by atoms with Crippen LogP contribution in [0.4, 0.5) is 0 Å². The van der Waals surface area contributed by atoms with Crippen molar-refractivity contribution in [3.8, 4) is 0 Å². The van der Waals surface area contributed by atoms with Gasteiger partial charge in [0, 0.05) is 18.5 Å². The molecule has 1 aromatic carbocycles. The highest BCUT2D eigenvalue weighted by Crippen LogP contribution is 2.47. The van der Waals surface area contributed by atoms with Crippen molar-refractivity contribution >= 4 is 16.9 Å². The van der Waals surface area contributed by atoms with Gasteiger partial charge in [-0.25, -0.2) is 4.79 Å². The number of fused-ring (bicyclic) bond motifs is 1. The Bertz CT molecular complexity index is 730. The number of hydrogen-bond donors (Lipinski definition) is 2. The van der Waals surface area contributed by atoms with E-state index >= 15 is 0 Å². The number of para-hydroxylation sites is 1. The summed E-state index contributed by atoms with van der Waals surface area (Å²) >= 11 is 0. The molecule has 1 aliphatic rings. The zero-order chi connectivity index (χ0) is 14.9. The van der Waals surface area contributed by atoms with Crippen LogP contribution in [0.1, 0.15) is 29.6 Å². The molecule has 0 radical (unpaired) electrons. The fraction of sp³-hybridized carbons (Fsp3) is 0.375. The molecule has 1 fully saturated rings. The molecule has 0 saturated heterocycles. The third kappa shape index (κ3) is 2.83. The van der Waals surface area contributed by atoms with Crippen molar-refractivity contribution in [2.75, 3.05) is 13.2 Å². The molecule has 0 atom stereocenters. The van der Waals surface area contributed by atoms with Gasteiger partial charge in [0.25, 0.3) is 5.91 Å². The van der Waals surface area contributed by atoms with E-state index in [1.807, 2.05) is 6.07 Å². The number of nitrogens with one attached hydrogen (secondary N) is 1. The van der Waals surface area contributed by atoms with E-state index in [-0.39, 0.29) is 17.6 Å². The standard InChI is InChI=1S/C16H17NO4/c18-8-7-16(5-6-16)10-17-14(19)12-9-11-3-1-2-4-13(11)21-15(12)20/h1-4,9,18H,5-8,10H2,(H,17,19). The summed E-state index contributed by atoms with van der Waals surface area (Å²) in [4.78, 5) is 24.0. The molecule has 0 unspecified atom stereocenters. The summed E-state index contributed by atoms with van der Waals surface area (Å²) in [7, 11) is 0. The minimum absolute atomic E-state index is 0.0153. The first kappa shape index (κ1) is 13.8. The first-order valence-electron chi connectivity index (χ1n) is 7.06. The molecule has 21 heavy (non-hydrogen) atoms. The number of carbonyl (C=O) groups is 1.